The second kappa shape index (κ2) is 8.16. The summed E-state index contributed by atoms with van der Waals surface area (Å²) in [5, 5.41) is 2.00. The molecule has 0 bridgehead atoms. The number of imidazole rings is 1. The number of aromatic amines is 1. The fraction of sp³-hybridized carbons (Fsp3) is 0.130. The number of nitrogens with zero attached hydrogens (tertiary/aromatic N) is 1. The number of amides is 1. The van der Waals surface area contributed by atoms with Crippen LogP contribution < -0.4 is 5.32 Å². The molecule has 4 aromatic rings. The van der Waals surface area contributed by atoms with Crippen LogP contribution >= 0.6 is 0 Å². The largest absolute Gasteiger partial charge is 0.338 e. The van der Waals surface area contributed by atoms with Crippen LogP contribution in [-0.2, 0) is 9.84 Å². The number of fused-ring (bicyclic) bond motifs is 1. The molecule has 1 heterocycles. The molecule has 3 aromatic carbocycles. The van der Waals surface area contributed by atoms with Gasteiger partial charge in [0.15, 0.2) is 9.84 Å². The van der Waals surface area contributed by atoms with Crippen molar-refractivity contribution in [2.24, 2.45) is 0 Å². The molecule has 9 heteroatoms. The Balaban J connectivity index is 1.66. The topological polar surface area (TPSA) is 91.9 Å². The summed E-state index contributed by atoms with van der Waals surface area (Å²) in [5.74, 6) is -1.65. The maximum Gasteiger partial charge on any atom is 0.256 e. The van der Waals surface area contributed by atoms with Crippen LogP contribution in [0, 0.1) is 11.6 Å². The first kappa shape index (κ1) is 21.6. The third-order valence-corrected chi connectivity index (χ3v) is 7.19. The molecule has 6 nitrogen and oxygen atoms in total. The van der Waals surface area contributed by atoms with Gasteiger partial charge in [-0.05, 0) is 62.4 Å². The summed E-state index contributed by atoms with van der Waals surface area (Å²) in [6.07, 6.45) is 0. The lowest BCUT2D eigenvalue weighted by Gasteiger charge is -2.13. The smallest absolute Gasteiger partial charge is 0.256 e. The number of sulfone groups is 1. The van der Waals surface area contributed by atoms with Gasteiger partial charge in [0, 0.05) is 5.69 Å². The van der Waals surface area contributed by atoms with Crippen molar-refractivity contribution in [3.05, 3.63) is 77.9 Å². The summed E-state index contributed by atoms with van der Waals surface area (Å²) in [6.45, 7) is 3.10. The van der Waals surface area contributed by atoms with Crippen LogP contribution in [0.25, 0.3) is 22.4 Å². The summed E-state index contributed by atoms with van der Waals surface area (Å²) in [6, 6.07) is 13.9. The standard InChI is InChI=1S/C23H19F2N3O3S/c1-13(2)32(30,31)21-6-4-3-5-16(21)23(29)26-15-8-10-19-20(12-15)28-22(27-19)17-11-14(24)7-9-18(17)25/h3-13H,1-2H3,(H,26,29)(H,27,28). The number of rotatable bonds is 5. The molecule has 0 saturated heterocycles. The number of benzene rings is 3. The van der Waals surface area contributed by atoms with Crippen LogP contribution in [0.1, 0.15) is 24.2 Å². The van der Waals surface area contributed by atoms with E-state index in [4.69, 9.17) is 0 Å². The van der Waals surface area contributed by atoms with Gasteiger partial charge in [-0.1, -0.05) is 12.1 Å². The van der Waals surface area contributed by atoms with Crippen molar-refractivity contribution in [2.75, 3.05) is 5.32 Å². The first-order valence-corrected chi connectivity index (χ1v) is 11.3. The number of aromatic nitrogens is 2. The van der Waals surface area contributed by atoms with Crippen LogP contribution in [0.15, 0.2) is 65.6 Å². The van der Waals surface area contributed by atoms with Crippen molar-refractivity contribution in [3.63, 3.8) is 0 Å². The molecule has 2 N–H and O–H groups in total. The Morgan fingerprint density at radius 3 is 2.53 bits per heavy atom. The van der Waals surface area contributed by atoms with E-state index in [2.05, 4.69) is 15.3 Å². The first-order valence-electron chi connectivity index (χ1n) is 9.76. The van der Waals surface area contributed by atoms with Gasteiger partial charge in [-0.25, -0.2) is 22.2 Å². The van der Waals surface area contributed by atoms with Crippen molar-refractivity contribution in [1.82, 2.24) is 9.97 Å². The quantitative estimate of drug-likeness (QED) is 0.446. The van der Waals surface area contributed by atoms with E-state index in [0.29, 0.717) is 16.7 Å². The van der Waals surface area contributed by atoms with Gasteiger partial charge in [-0.15, -0.1) is 0 Å². The van der Waals surface area contributed by atoms with E-state index in [9.17, 15) is 22.0 Å². The average Bonchev–Trinajstić information content (AvgIpc) is 3.18. The highest BCUT2D eigenvalue weighted by molar-refractivity contribution is 7.92. The fourth-order valence-corrected chi connectivity index (χ4v) is 4.49. The summed E-state index contributed by atoms with van der Waals surface area (Å²) in [4.78, 5) is 20.0. The van der Waals surface area contributed by atoms with Crippen molar-refractivity contribution in [3.8, 4) is 11.4 Å². The minimum atomic E-state index is -3.66. The molecule has 1 amide bonds. The lowest BCUT2D eigenvalue weighted by molar-refractivity contribution is 0.102. The Labute approximate surface area is 183 Å². The second-order valence-corrected chi connectivity index (χ2v) is 9.96. The van der Waals surface area contributed by atoms with Gasteiger partial charge >= 0.3 is 0 Å². The number of nitrogens with one attached hydrogen (secondary N) is 2. The van der Waals surface area contributed by atoms with E-state index in [1.807, 2.05) is 0 Å². The van der Waals surface area contributed by atoms with E-state index in [1.165, 1.54) is 12.1 Å². The minimum absolute atomic E-state index is 0.0143. The Hall–Kier alpha value is -3.59. The molecule has 1 aromatic heterocycles. The third kappa shape index (κ3) is 3.99. The second-order valence-electron chi connectivity index (χ2n) is 7.49. The molecule has 0 atom stereocenters. The summed E-state index contributed by atoms with van der Waals surface area (Å²) in [5.41, 5.74) is 1.39. The highest BCUT2D eigenvalue weighted by Gasteiger charge is 2.25. The van der Waals surface area contributed by atoms with Gasteiger partial charge in [-0.2, -0.15) is 0 Å². The lowest BCUT2D eigenvalue weighted by atomic mass is 10.2. The van der Waals surface area contributed by atoms with Gasteiger partial charge in [0.2, 0.25) is 0 Å². The van der Waals surface area contributed by atoms with Gasteiger partial charge in [-0.3, -0.25) is 4.79 Å². The number of hydrogen-bond donors (Lipinski definition) is 2. The molecule has 0 aliphatic carbocycles. The maximum absolute atomic E-state index is 14.1. The van der Waals surface area contributed by atoms with E-state index in [0.717, 1.165) is 18.2 Å². The number of H-pyrrole nitrogens is 1. The molecule has 0 saturated carbocycles. The van der Waals surface area contributed by atoms with Crippen LogP contribution in [0.5, 0.6) is 0 Å². The summed E-state index contributed by atoms with van der Waals surface area (Å²) >= 11 is 0. The molecule has 0 aliphatic heterocycles. The number of anilines is 1. The number of carbonyl (C=O) groups is 1. The van der Waals surface area contributed by atoms with Crippen molar-refractivity contribution in [1.29, 1.82) is 0 Å². The normalized spacial score (nSPS) is 11.8. The zero-order valence-corrected chi connectivity index (χ0v) is 18.0. The van der Waals surface area contributed by atoms with Gasteiger partial charge in [0.05, 0.1) is 32.3 Å². The van der Waals surface area contributed by atoms with Gasteiger partial charge in [0.1, 0.15) is 17.5 Å². The monoisotopic (exact) mass is 455 g/mol. The Bertz CT molecular complexity index is 1450. The molecule has 0 unspecified atom stereocenters. The van der Waals surface area contributed by atoms with E-state index in [-0.39, 0.29) is 21.8 Å². The van der Waals surface area contributed by atoms with Crippen molar-refractivity contribution in [2.45, 2.75) is 24.0 Å². The maximum atomic E-state index is 14.1. The van der Waals surface area contributed by atoms with Crippen LogP contribution in [-0.4, -0.2) is 29.5 Å². The van der Waals surface area contributed by atoms with Crippen LogP contribution in [0.2, 0.25) is 0 Å². The van der Waals surface area contributed by atoms with Gasteiger partial charge < -0.3 is 10.3 Å². The fourth-order valence-electron chi connectivity index (χ4n) is 3.25. The molecular formula is C23H19F2N3O3S. The molecular weight excluding hydrogens is 436 g/mol. The molecule has 0 fully saturated rings. The van der Waals surface area contributed by atoms with Crippen LogP contribution in [0.3, 0.4) is 0 Å². The SMILES string of the molecule is CC(C)S(=O)(=O)c1ccccc1C(=O)Nc1ccc2nc(-c3cc(F)ccc3F)[nH]c2c1. The van der Waals surface area contributed by atoms with Crippen molar-refractivity contribution < 1.29 is 22.0 Å². The molecule has 164 valence electrons. The van der Waals surface area contributed by atoms with E-state index >= 15 is 0 Å². The molecule has 0 spiro atoms. The third-order valence-electron chi connectivity index (χ3n) is 4.98. The number of hydrogen-bond acceptors (Lipinski definition) is 4. The first-order chi connectivity index (χ1) is 15.2. The number of halogens is 2. The molecule has 0 radical (unpaired) electrons. The Kier molecular flexibility index (Phi) is 5.52. The highest BCUT2D eigenvalue weighted by Crippen LogP contribution is 2.26. The summed E-state index contributed by atoms with van der Waals surface area (Å²) < 4.78 is 52.9. The molecule has 0 aliphatic rings. The zero-order chi connectivity index (χ0) is 23.0. The van der Waals surface area contributed by atoms with E-state index < -0.39 is 32.6 Å². The number of carbonyl (C=O) groups excluding carboxylic acids is 1. The predicted octanol–water partition coefficient (Wildman–Crippen LogP) is 4.94. The Morgan fingerprint density at radius 1 is 1.03 bits per heavy atom. The zero-order valence-electron chi connectivity index (χ0n) is 17.2. The molecule has 32 heavy (non-hydrogen) atoms. The van der Waals surface area contributed by atoms with E-state index in [1.54, 1.807) is 44.2 Å². The summed E-state index contributed by atoms with van der Waals surface area (Å²) in [7, 11) is -3.66. The Morgan fingerprint density at radius 2 is 1.78 bits per heavy atom. The minimum Gasteiger partial charge on any atom is -0.338 e. The van der Waals surface area contributed by atoms with Crippen molar-refractivity contribution >= 4 is 32.5 Å². The van der Waals surface area contributed by atoms with Crippen LogP contribution in [0.4, 0.5) is 14.5 Å². The highest BCUT2D eigenvalue weighted by atomic mass is 32.2. The van der Waals surface area contributed by atoms with Gasteiger partial charge in [0.25, 0.3) is 5.91 Å². The predicted molar refractivity (Wildman–Crippen MR) is 118 cm³/mol. The lowest BCUT2D eigenvalue weighted by Crippen LogP contribution is -2.20. The molecule has 4 rings (SSSR count). The average molecular weight is 455 g/mol.